The molecule has 0 radical (unpaired) electrons. The van der Waals surface area contributed by atoms with E-state index in [1.807, 2.05) is 30.5 Å². The van der Waals surface area contributed by atoms with Crippen molar-refractivity contribution in [1.82, 2.24) is 9.97 Å². The first-order valence-corrected chi connectivity index (χ1v) is 8.52. The van der Waals surface area contributed by atoms with Crippen LogP contribution in [0.5, 0.6) is 5.88 Å². The zero-order valence-electron chi connectivity index (χ0n) is 13.7. The van der Waals surface area contributed by atoms with E-state index in [1.165, 1.54) is 11.3 Å². The summed E-state index contributed by atoms with van der Waals surface area (Å²) in [4.78, 5) is 19.0. The van der Waals surface area contributed by atoms with E-state index in [-0.39, 0.29) is 18.0 Å². The molecule has 0 aliphatic carbocycles. The van der Waals surface area contributed by atoms with Gasteiger partial charge in [0.1, 0.15) is 5.01 Å². The van der Waals surface area contributed by atoms with Crippen molar-refractivity contribution in [2.45, 2.75) is 33.1 Å². The predicted octanol–water partition coefficient (Wildman–Crippen LogP) is 4.61. The predicted molar refractivity (Wildman–Crippen MR) is 94.1 cm³/mol. The Hall–Kier alpha value is -2.54. The highest BCUT2D eigenvalue weighted by Gasteiger charge is 2.13. The lowest BCUT2D eigenvalue weighted by molar-refractivity contribution is -0.117. The van der Waals surface area contributed by atoms with Gasteiger partial charge in [-0.2, -0.15) is 0 Å². The minimum atomic E-state index is -0.391. The molecule has 0 unspecified atom stereocenters. The van der Waals surface area contributed by atoms with Crippen molar-refractivity contribution in [2.24, 2.45) is 10.2 Å². The van der Waals surface area contributed by atoms with E-state index >= 15 is 0 Å². The number of aryl methyl sites for hydroxylation is 1. The number of rotatable bonds is 4. The molecule has 0 spiro atoms. The molecule has 0 aliphatic rings. The fourth-order valence-electron chi connectivity index (χ4n) is 2.40. The zero-order chi connectivity index (χ0) is 17.3. The lowest BCUT2D eigenvalue weighted by Crippen LogP contribution is -1.97. The summed E-state index contributed by atoms with van der Waals surface area (Å²) < 4.78 is 0. The molecule has 0 atom stereocenters. The molecule has 124 valence electrons. The van der Waals surface area contributed by atoms with Crippen LogP contribution in [0.25, 0.3) is 10.9 Å². The molecule has 7 heteroatoms. The number of nitrogens with zero attached hydrogens (tertiary/aromatic N) is 3. The Kier molecular flexibility index (Phi) is 4.44. The third kappa shape index (κ3) is 3.35. The molecule has 3 rings (SSSR count). The first-order chi connectivity index (χ1) is 11.4. The Morgan fingerprint density at radius 3 is 2.88 bits per heavy atom. The largest absolute Gasteiger partial charge is 0.493 e. The Labute approximate surface area is 143 Å². The van der Waals surface area contributed by atoms with Crippen molar-refractivity contribution in [3.8, 4) is 5.88 Å². The van der Waals surface area contributed by atoms with Crippen molar-refractivity contribution in [3.05, 3.63) is 39.8 Å². The van der Waals surface area contributed by atoms with Gasteiger partial charge >= 0.3 is 0 Å². The summed E-state index contributed by atoms with van der Waals surface area (Å²) in [6, 6.07) is 5.85. The smallest absolute Gasteiger partial charge is 0.271 e. The van der Waals surface area contributed by atoms with Gasteiger partial charge in [-0.3, -0.25) is 4.79 Å². The minimum Gasteiger partial charge on any atom is -0.493 e. The van der Waals surface area contributed by atoms with E-state index < -0.39 is 5.91 Å². The summed E-state index contributed by atoms with van der Waals surface area (Å²) in [5, 5.41) is 21.1. The van der Waals surface area contributed by atoms with Crippen LogP contribution < -0.4 is 0 Å². The zero-order valence-corrected chi connectivity index (χ0v) is 14.5. The Morgan fingerprint density at radius 1 is 1.42 bits per heavy atom. The van der Waals surface area contributed by atoms with Crippen molar-refractivity contribution in [3.63, 3.8) is 0 Å². The molecule has 0 aliphatic heterocycles. The van der Waals surface area contributed by atoms with Crippen LogP contribution in [-0.4, -0.2) is 21.0 Å². The fraction of sp³-hybridized carbons (Fsp3) is 0.294. The van der Waals surface area contributed by atoms with Crippen molar-refractivity contribution < 1.29 is 9.90 Å². The molecule has 2 heterocycles. The highest BCUT2D eigenvalue weighted by molar-refractivity contribution is 7.09. The number of aromatic hydroxyl groups is 1. The van der Waals surface area contributed by atoms with Gasteiger partial charge in [-0.1, -0.05) is 19.9 Å². The molecule has 0 bridgehead atoms. The minimum absolute atomic E-state index is 0.0902. The van der Waals surface area contributed by atoms with Crippen LogP contribution in [0, 0.1) is 6.92 Å². The van der Waals surface area contributed by atoms with Crippen molar-refractivity contribution >= 4 is 33.8 Å². The number of nitrogens with one attached hydrogen (secondary N) is 1. The molecular formula is C17H18N4O2S. The van der Waals surface area contributed by atoms with Gasteiger partial charge in [0.05, 0.1) is 11.9 Å². The maximum absolute atomic E-state index is 12.0. The van der Waals surface area contributed by atoms with Gasteiger partial charge in [0.15, 0.2) is 5.69 Å². The average Bonchev–Trinajstić information content (AvgIpc) is 3.07. The summed E-state index contributed by atoms with van der Waals surface area (Å²) in [5.41, 5.74) is 3.06. The van der Waals surface area contributed by atoms with Crippen molar-refractivity contribution in [1.29, 1.82) is 0 Å². The number of carbonyl (C=O) groups is 1. The lowest BCUT2D eigenvalue weighted by atomic mass is 10.0. The number of thiazole rings is 1. The summed E-state index contributed by atoms with van der Waals surface area (Å²) in [6.45, 7) is 6.06. The number of azo groups is 1. The van der Waals surface area contributed by atoms with Crippen LogP contribution in [0.2, 0.25) is 0 Å². The second-order valence-electron chi connectivity index (χ2n) is 5.94. The number of hydrogen-bond donors (Lipinski definition) is 2. The number of amides is 1. The van der Waals surface area contributed by atoms with Crippen LogP contribution in [-0.2, 0) is 11.2 Å². The molecular weight excluding hydrogens is 324 g/mol. The molecule has 2 aromatic heterocycles. The first-order valence-electron chi connectivity index (χ1n) is 7.64. The highest BCUT2D eigenvalue weighted by atomic mass is 32.1. The highest BCUT2D eigenvalue weighted by Crippen LogP contribution is 2.37. The normalized spacial score (nSPS) is 11.8. The fourth-order valence-corrected chi connectivity index (χ4v) is 3.16. The number of benzene rings is 1. The molecule has 1 aromatic carbocycles. The number of hydrogen-bond acceptors (Lipinski definition) is 5. The van der Waals surface area contributed by atoms with Crippen LogP contribution in [0.4, 0.5) is 5.69 Å². The van der Waals surface area contributed by atoms with Gasteiger partial charge in [0.2, 0.25) is 5.88 Å². The van der Waals surface area contributed by atoms with Crippen LogP contribution in [0.1, 0.15) is 36.0 Å². The van der Waals surface area contributed by atoms with Gasteiger partial charge in [-0.15, -0.1) is 21.6 Å². The molecule has 6 nitrogen and oxygen atoms in total. The van der Waals surface area contributed by atoms with Crippen LogP contribution >= 0.6 is 11.3 Å². The van der Waals surface area contributed by atoms with Gasteiger partial charge < -0.3 is 10.1 Å². The van der Waals surface area contributed by atoms with E-state index in [0.717, 1.165) is 22.2 Å². The Morgan fingerprint density at radius 2 is 2.21 bits per heavy atom. The SMILES string of the molecule is Cc1csc(CC(=O)N=Nc2c(O)[nH]c3ccc(C(C)C)cc23)n1. The third-order valence-corrected chi connectivity index (χ3v) is 4.64. The Balaban J connectivity index is 1.86. The van der Waals surface area contributed by atoms with Crippen LogP contribution in [0.3, 0.4) is 0 Å². The van der Waals surface area contributed by atoms with Crippen molar-refractivity contribution in [2.75, 3.05) is 0 Å². The van der Waals surface area contributed by atoms with E-state index in [9.17, 15) is 9.90 Å². The number of fused-ring (bicyclic) bond motifs is 1. The molecule has 3 aromatic rings. The van der Waals surface area contributed by atoms with E-state index in [2.05, 4.69) is 34.0 Å². The van der Waals surface area contributed by atoms with E-state index in [0.29, 0.717) is 10.9 Å². The van der Waals surface area contributed by atoms with E-state index in [4.69, 9.17) is 0 Å². The van der Waals surface area contributed by atoms with Gasteiger partial charge in [0, 0.05) is 16.5 Å². The summed E-state index contributed by atoms with van der Waals surface area (Å²) in [7, 11) is 0. The molecule has 0 fully saturated rings. The monoisotopic (exact) mass is 342 g/mol. The molecule has 2 N–H and O–H groups in total. The van der Waals surface area contributed by atoms with Gasteiger partial charge in [-0.05, 0) is 30.5 Å². The summed E-state index contributed by atoms with van der Waals surface area (Å²) in [5.74, 6) is -0.128. The lowest BCUT2D eigenvalue weighted by Gasteiger charge is -2.04. The maximum atomic E-state index is 12.0. The number of carbonyl (C=O) groups excluding carboxylic acids is 1. The summed E-state index contributed by atoms with van der Waals surface area (Å²) >= 11 is 1.42. The second-order valence-corrected chi connectivity index (χ2v) is 6.88. The Bertz CT molecular complexity index is 924. The van der Waals surface area contributed by atoms with Gasteiger partial charge in [0.25, 0.3) is 5.91 Å². The van der Waals surface area contributed by atoms with Gasteiger partial charge in [-0.25, -0.2) is 4.98 Å². The van der Waals surface area contributed by atoms with Crippen LogP contribution in [0.15, 0.2) is 33.8 Å². The third-order valence-electron chi connectivity index (χ3n) is 3.67. The number of aromatic nitrogens is 2. The summed E-state index contributed by atoms with van der Waals surface area (Å²) in [6.07, 6.45) is 0.113. The quantitative estimate of drug-likeness (QED) is 0.678. The molecule has 0 saturated heterocycles. The number of aromatic amines is 1. The topological polar surface area (TPSA) is 90.7 Å². The first kappa shape index (κ1) is 16.3. The molecule has 24 heavy (non-hydrogen) atoms. The van der Waals surface area contributed by atoms with E-state index in [1.54, 1.807) is 0 Å². The standard InChI is InChI=1S/C17H18N4O2S/c1-9(2)11-4-5-13-12(6-11)16(17(23)19-13)21-20-14(22)7-15-18-10(3)8-24-15/h4-6,8-9,19,23H,7H2,1-3H3. The molecule has 0 saturated carbocycles. The average molecular weight is 342 g/mol. The second kappa shape index (κ2) is 6.52. The number of H-pyrrole nitrogens is 1. The molecule has 1 amide bonds. The maximum Gasteiger partial charge on any atom is 0.271 e.